The molecule has 1 unspecified atom stereocenters. The Morgan fingerprint density at radius 1 is 1.05 bits per heavy atom. The first kappa shape index (κ1) is 13.0. The molecule has 20 heavy (non-hydrogen) atoms. The highest BCUT2D eigenvalue weighted by Crippen LogP contribution is 2.45. The van der Waals surface area contributed by atoms with Gasteiger partial charge in [0.15, 0.2) is 0 Å². The van der Waals surface area contributed by atoms with Crippen molar-refractivity contribution in [3.63, 3.8) is 0 Å². The maximum Gasteiger partial charge on any atom is 0.295 e. The number of H-pyrrole nitrogens is 1. The van der Waals surface area contributed by atoms with Crippen LogP contribution in [-0.4, -0.2) is 9.88 Å². The van der Waals surface area contributed by atoms with Crippen LogP contribution in [0.5, 0.6) is 0 Å². The van der Waals surface area contributed by atoms with Crippen LogP contribution < -0.4 is 5.09 Å². The zero-order valence-corrected chi connectivity index (χ0v) is 11.7. The summed E-state index contributed by atoms with van der Waals surface area (Å²) < 4.78 is 12.4. The highest BCUT2D eigenvalue weighted by Gasteiger charge is 2.20. The van der Waals surface area contributed by atoms with Gasteiger partial charge in [0.05, 0.1) is 6.16 Å². The van der Waals surface area contributed by atoms with E-state index in [-0.39, 0.29) is 6.16 Å². The Kier molecular flexibility index (Phi) is 3.35. The number of aromatic amines is 1. The summed E-state index contributed by atoms with van der Waals surface area (Å²) >= 11 is 0. The number of fused-ring (bicyclic) bond motifs is 1. The lowest BCUT2D eigenvalue weighted by atomic mass is 10.1. The maximum atomic E-state index is 12.4. The summed E-state index contributed by atoms with van der Waals surface area (Å²) in [7, 11) is -3.48. The van der Waals surface area contributed by atoms with Crippen molar-refractivity contribution in [2.45, 2.75) is 6.16 Å². The number of hydrogen-bond donors (Lipinski definition) is 3. The van der Waals surface area contributed by atoms with Gasteiger partial charge in [-0.1, -0.05) is 30.3 Å². The number of para-hydroxylation sites is 1. The number of benzene rings is 2. The van der Waals surface area contributed by atoms with Crippen molar-refractivity contribution >= 4 is 24.1 Å². The van der Waals surface area contributed by atoms with Crippen LogP contribution in [0.15, 0.2) is 60.8 Å². The first-order valence-corrected chi connectivity index (χ1v) is 8.19. The summed E-state index contributed by atoms with van der Waals surface area (Å²) in [6, 6.07) is 16.7. The number of aromatic nitrogens is 1. The molecule has 0 saturated carbocycles. The van der Waals surface area contributed by atoms with Gasteiger partial charge in [-0.2, -0.15) is 0 Å². The molecule has 3 N–H and O–H groups in total. The Balaban J connectivity index is 1.86. The fourth-order valence-corrected chi connectivity index (χ4v) is 3.64. The Morgan fingerprint density at radius 2 is 1.85 bits per heavy atom. The molecule has 3 aromatic rings. The van der Waals surface area contributed by atoms with E-state index in [4.69, 9.17) is 0 Å². The van der Waals surface area contributed by atoms with Crippen LogP contribution in [-0.2, 0) is 10.7 Å². The standard InChI is InChI=1S/C15H15N2O2P/c18-20(19,17-13-6-2-1-3-7-13)11-12-5-4-8-15-14(12)9-10-16-15/h1-10,16H,11H2,(H2,17,18,19). The minimum absolute atomic E-state index is 0.0943. The van der Waals surface area contributed by atoms with Crippen molar-refractivity contribution < 1.29 is 9.46 Å². The largest absolute Gasteiger partial charge is 0.361 e. The molecule has 0 saturated heterocycles. The SMILES string of the molecule is O=P(O)(Cc1cccc2[nH]ccc12)Nc1ccccc1. The molecule has 0 fully saturated rings. The average molecular weight is 286 g/mol. The van der Waals surface area contributed by atoms with Gasteiger partial charge in [-0.05, 0) is 29.8 Å². The topological polar surface area (TPSA) is 65.1 Å². The van der Waals surface area contributed by atoms with Crippen LogP contribution in [0.1, 0.15) is 5.56 Å². The Morgan fingerprint density at radius 3 is 2.65 bits per heavy atom. The highest BCUT2D eigenvalue weighted by molar-refractivity contribution is 7.58. The molecular formula is C15H15N2O2P. The molecule has 0 spiro atoms. The van der Waals surface area contributed by atoms with E-state index >= 15 is 0 Å². The van der Waals surface area contributed by atoms with Crippen molar-refractivity contribution in [2.75, 3.05) is 5.09 Å². The van der Waals surface area contributed by atoms with Crippen LogP contribution >= 0.6 is 7.52 Å². The van der Waals surface area contributed by atoms with E-state index in [2.05, 4.69) is 10.1 Å². The van der Waals surface area contributed by atoms with Gasteiger partial charge in [-0.25, -0.2) is 0 Å². The lowest BCUT2D eigenvalue weighted by Crippen LogP contribution is -1.99. The molecule has 0 amide bonds. The molecule has 0 aliphatic carbocycles. The molecule has 2 aromatic carbocycles. The van der Waals surface area contributed by atoms with Crippen LogP contribution in [0.25, 0.3) is 10.9 Å². The summed E-state index contributed by atoms with van der Waals surface area (Å²) in [6.45, 7) is 0. The molecular weight excluding hydrogens is 271 g/mol. The molecule has 3 rings (SSSR count). The van der Waals surface area contributed by atoms with Gasteiger partial charge in [0.25, 0.3) is 7.52 Å². The second-order valence-corrected chi connectivity index (χ2v) is 6.64. The van der Waals surface area contributed by atoms with E-state index in [9.17, 15) is 9.46 Å². The van der Waals surface area contributed by atoms with Crippen molar-refractivity contribution in [3.8, 4) is 0 Å². The predicted octanol–water partition coefficient (Wildman–Crippen LogP) is 3.97. The molecule has 102 valence electrons. The third-order valence-corrected chi connectivity index (χ3v) is 4.52. The molecule has 0 radical (unpaired) electrons. The smallest absolute Gasteiger partial charge is 0.295 e. The van der Waals surface area contributed by atoms with E-state index in [0.717, 1.165) is 16.5 Å². The van der Waals surface area contributed by atoms with E-state index < -0.39 is 7.52 Å². The summed E-state index contributed by atoms with van der Waals surface area (Å²) in [5, 5.41) is 3.71. The highest BCUT2D eigenvalue weighted by atomic mass is 31.2. The number of hydrogen-bond acceptors (Lipinski definition) is 1. The molecule has 5 heteroatoms. The van der Waals surface area contributed by atoms with E-state index in [1.165, 1.54) is 0 Å². The van der Waals surface area contributed by atoms with Gasteiger partial charge in [0.2, 0.25) is 0 Å². The lowest BCUT2D eigenvalue weighted by Gasteiger charge is -2.15. The van der Waals surface area contributed by atoms with Crippen molar-refractivity contribution in [2.24, 2.45) is 0 Å². The normalized spacial score (nSPS) is 14.1. The zero-order chi connectivity index (χ0) is 14.0. The summed E-state index contributed by atoms with van der Waals surface area (Å²) in [5.74, 6) is 0. The van der Waals surface area contributed by atoms with Gasteiger partial charge in [0, 0.05) is 22.8 Å². The predicted molar refractivity (Wildman–Crippen MR) is 81.9 cm³/mol. The fourth-order valence-electron chi connectivity index (χ4n) is 2.27. The second kappa shape index (κ2) is 5.16. The fraction of sp³-hybridized carbons (Fsp3) is 0.0667. The Hall–Kier alpha value is -2.03. The number of nitrogens with one attached hydrogen (secondary N) is 2. The van der Waals surface area contributed by atoms with Crippen molar-refractivity contribution in [3.05, 3.63) is 66.4 Å². The molecule has 4 nitrogen and oxygen atoms in total. The quantitative estimate of drug-likeness (QED) is 0.636. The third kappa shape index (κ3) is 2.77. The number of rotatable bonds is 4. The van der Waals surface area contributed by atoms with E-state index in [1.54, 1.807) is 12.1 Å². The third-order valence-electron chi connectivity index (χ3n) is 3.15. The van der Waals surface area contributed by atoms with Gasteiger partial charge in [-0.3, -0.25) is 4.57 Å². The first-order valence-electron chi connectivity index (χ1n) is 6.34. The molecule has 0 bridgehead atoms. The molecule has 1 atom stereocenters. The van der Waals surface area contributed by atoms with E-state index in [1.807, 2.05) is 48.7 Å². The van der Waals surface area contributed by atoms with Gasteiger partial charge in [0.1, 0.15) is 0 Å². The van der Waals surface area contributed by atoms with Crippen LogP contribution in [0.4, 0.5) is 5.69 Å². The molecule has 1 heterocycles. The maximum absolute atomic E-state index is 12.4. The van der Waals surface area contributed by atoms with E-state index in [0.29, 0.717) is 5.69 Å². The van der Waals surface area contributed by atoms with Crippen molar-refractivity contribution in [1.82, 2.24) is 4.98 Å². The summed E-state index contributed by atoms with van der Waals surface area (Å²) in [5.41, 5.74) is 2.49. The molecule has 0 aliphatic rings. The molecule has 1 aromatic heterocycles. The second-order valence-electron chi connectivity index (χ2n) is 4.69. The number of anilines is 1. The Bertz CT molecular complexity index is 768. The van der Waals surface area contributed by atoms with Gasteiger partial charge >= 0.3 is 0 Å². The minimum atomic E-state index is -3.48. The summed E-state index contributed by atoms with van der Waals surface area (Å²) in [6.07, 6.45) is 1.93. The Labute approximate surface area is 117 Å². The van der Waals surface area contributed by atoms with Crippen LogP contribution in [0, 0.1) is 0 Å². The molecule has 0 aliphatic heterocycles. The van der Waals surface area contributed by atoms with Crippen molar-refractivity contribution in [1.29, 1.82) is 0 Å². The van der Waals surface area contributed by atoms with Crippen LogP contribution in [0.2, 0.25) is 0 Å². The first-order chi connectivity index (χ1) is 9.64. The summed E-state index contributed by atoms with van der Waals surface area (Å²) in [4.78, 5) is 13.3. The minimum Gasteiger partial charge on any atom is -0.361 e. The average Bonchev–Trinajstić information content (AvgIpc) is 2.88. The van der Waals surface area contributed by atoms with Crippen LogP contribution in [0.3, 0.4) is 0 Å². The monoisotopic (exact) mass is 286 g/mol. The van der Waals surface area contributed by atoms with Gasteiger partial charge in [-0.15, -0.1) is 0 Å². The lowest BCUT2D eigenvalue weighted by molar-refractivity contribution is 0.483. The zero-order valence-electron chi connectivity index (χ0n) is 10.8. The van der Waals surface area contributed by atoms with Gasteiger partial charge < -0.3 is 15.0 Å².